The number of aryl methyl sites for hydroxylation is 1. The number of aromatic nitrogens is 1. The molecular weight excluding hydrogens is 122 g/mol. The summed E-state index contributed by atoms with van der Waals surface area (Å²) >= 11 is 0. The van der Waals surface area contributed by atoms with E-state index >= 15 is 0 Å². The molecule has 0 fully saturated rings. The van der Waals surface area contributed by atoms with Crippen molar-refractivity contribution in [1.82, 2.24) is 5.16 Å². The molecule has 0 unspecified atom stereocenters. The summed E-state index contributed by atoms with van der Waals surface area (Å²) in [5.41, 5.74) is 6.41. The fourth-order valence-corrected chi connectivity index (χ4v) is 0.502. The molecule has 0 spiro atoms. The van der Waals surface area contributed by atoms with E-state index in [1.165, 1.54) is 0 Å². The molecule has 5 heteroatoms. The van der Waals surface area contributed by atoms with Crippen molar-refractivity contribution in [2.75, 3.05) is 0 Å². The molecule has 0 radical (unpaired) electrons. The highest BCUT2D eigenvalue weighted by Gasteiger charge is 2.04. The summed E-state index contributed by atoms with van der Waals surface area (Å²) in [6.45, 7) is 1.61. The average molecular weight is 127 g/mol. The number of rotatable bonds is 1. The monoisotopic (exact) mass is 127 g/mol. The van der Waals surface area contributed by atoms with E-state index in [-0.39, 0.29) is 5.69 Å². The van der Waals surface area contributed by atoms with Crippen LogP contribution in [0.25, 0.3) is 0 Å². The van der Waals surface area contributed by atoms with Gasteiger partial charge < -0.3 is 4.52 Å². The molecule has 2 N–H and O–H groups in total. The molecule has 0 aliphatic carbocycles. The van der Waals surface area contributed by atoms with Gasteiger partial charge in [0.1, 0.15) is 0 Å². The maximum absolute atomic E-state index is 10.5. The van der Waals surface area contributed by atoms with Crippen LogP contribution in [0.4, 0.5) is 5.69 Å². The quantitative estimate of drug-likeness (QED) is 0.550. The lowest BCUT2D eigenvalue weighted by molar-refractivity contribution is 0.388. The summed E-state index contributed by atoms with van der Waals surface area (Å²) in [5.74, 6) is 0. The van der Waals surface area contributed by atoms with Gasteiger partial charge in [0, 0.05) is 0 Å². The molecule has 1 rings (SSSR count). The molecule has 0 bridgehead atoms. The number of nitrogens with zero attached hydrogens (tertiary/aromatic N) is 1. The molecular formula is C4H5N3O2. The Kier molecular flexibility index (Phi) is 1.18. The van der Waals surface area contributed by atoms with Crippen LogP contribution >= 0.6 is 0 Å². The molecule has 0 amide bonds. The standard InChI is InChI=1S/C4H5N3O2/c1-2-3(6-5)4(8)9-7-2/h5,7H,1H3. The first-order valence-electron chi connectivity index (χ1n) is 2.31. The van der Waals surface area contributed by atoms with Gasteiger partial charge in [-0.1, -0.05) is 0 Å². The Labute approximate surface area is 50.2 Å². The highest BCUT2D eigenvalue weighted by molar-refractivity contribution is 5.35. The van der Waals surface area contributed by atoms with Gasteiger partial charge in [-0.3, -0.25) is 0 Å². The molecule has 1 heterocycles. The number of H-pyrrole nitrogens is 1. The van der Waals surface area contributed by atoms with Crippen molar-refractivity contribution in [3.05, 3.63) is 16.1 Å². The first-order chi connectivity index (χ1) is 4.25. The zero-order valence-corrected chi connectivity index (χ0v) is 4.76. The second-order valence-corrected chi connectivity index (χ2v) is 1.58. The van der Waals surface area contributed by atoms with Crippen molar-refractivity contribution in [2.24, 2.45) is 5.11 Å². The third-order valence-electron chi connectivity index (χ3n) is 0.957. The Morgan fingerprint density at radius 1 is 1.78 bits per heavy atom. The van der Waals surface area contributed by atoms with Crippen molar-refractivity contribution in [2.45, 2.75) is 6.92 Å². The van der Waals surface area contributed by atoms with Crippen LogP contribution in [-0.2, 0) is 0 Å². The van der Waals surface area contributed by atoms with Crippen LogP contribution in [-0.4, -0.2) is 5.16 Å². The van der Waals surface area contributed by atoms with Gasteiger partial charge in [0.25, 0.3) is 0 Å². The van der Waals surface area contributed by atoms with E-state index in [0.717, 1.165) is 0 Å². The molecule has 5 nitrogen and oxygen atoms in total. The highest BCUT2D eigenvalue weighted by atomic mass is 16.5. The predicted molar refractivity (Wildman–Crippen MR) is 28.9 cm³/mol. The van der Waals surface area contributed by atoms with Gasteiger partial charge in [0.15, 0.2) is 5.69 Å². The van der Waals surface area contributed by atoms with Crippen molar-refractivity contribution in [1.29, 1.82) is 5.53 Å². The Morgan fingerprint density at radius 3 is 2.67 bits per heavy atom. The fraction of sp³-hybridized carbons (Fsp3) is 0.250. The third kappa shape index (κ3) is 0.758. The van der Waals surface area contributed by atoms with E-state index in [9.17, 15) is 4.79 Å². The lowest BCUT2D eigenvalue weighted by Gasteiger charge is -1.76. The fourth-order valence-electron chi connectivity index (χ4n) is 0.502. The molecule has 1 aromatic heterocycles. The lowest BCUT2D eigenvalue weighted by atomic mass is 10.4. The zero-order chi connectivity index (χ0) is 6.85. The van der Waals surface area contributed by atoms with Crippen LogP contribution in [0, 0.1) is 12.5 Å². The topological polar surface area (TPSA) is 82.2 Å². The highest BCUT2D eigenvalue weighted by Crippen LogP contribution is 2.07. The van der Waals surface area contributed by atoms with Crippen molar-refractivity contribution in [3.63, 3.8) is 0 Å². The van der Waals surface area contributed by atoms with E-state index in [2.05, 4.69) is 14.8 Å². The van der Waals surface area contributed by atoms with E-state index in [0.29, 0.717) is 5.69 Å². The Hall–Kier alpha value is -1.39. The van der Waals surface area contributed by atoms with Crippen LogP contribution in [0.2, 0.25) is 0 Å². The second-order valence-electron chi connectivity index (χ2n) is 1.58. The molecule has 0 saturated heterocycles. The number of nitrogens with one attached hydrogen (secondary N) is 2. The Balaban J connectivity index is 3.40. The Bertz CT molecular complexity index is 272. The van der Waals surface area contributed by atoms with Gasteiger partial charge in [0.2, 0.25) is 0 Å². The first-order valence-corrected chi connectivity index (χ1v) is 2.31. The zero-order valence-electron chi connectivity index (χ0n) is 4.76. The van der Waals surface area contributed by atoms with E-state index in [1.54, 1.807) is 6.92 Å². The number of hydrogen-bond acceptors (Lipinski definition) is 4. The third-order valence-corrected chi connectivity index (χ3v) is 0.957. The van der Waals surface area contributed by atoms with Gasteiger partial charge in [-0.15, -0.1) is 5.11 Å². The summed E-state index contributed by atoms with van der Waals surface area (Å²) in [6, 6.07) is 0. The van der Waals surface area contributed by atoms with Gasteiger partial charge in [-0.05, 0) is 6.92 Å². The summed E-state index contributed by atoms with van der Waals surface area (Å²) < 4.78 is 4.29. The van der Waals surface area contributed by atoms with Crippen LogP contribution in [0.3, 0.4) is 0 Å². The van der Waals surface area contributed by atoms with Gasteiger partial charge in [-0.2, -0.15) is 0 Å². The second kappa shape index (κ2) is 1.85. The maximum atomic E-state index is 10.5. The van der Waals surface area contributed by atoms with Crippen molar-refractivity contribution >= 4 is 5.69 Å². The molecule has 0 aliphatic heterocycles. The normalized spacial score (nSPS) is 9.44. The maximum Gasteiger partial charge on any atom is 0.384 e. The SMILES string of the molecule is Cc1[nH]oc(=O)c1N=N. The Morgan fingerprint density at radius 2 is 2.44 bits per heavy atom. The lowest BCUT2D eigenvalue weighted by Crippen LogP contribution is -1.88. The molecule has 0 atom stereocenters. The van der Waals surface area contributed by atoms with Crippen LogP contribution < -0.4 is 5.63 Å². The molecule has 0 saturated carbocycles. The van der Waals surface area contributed by atoms with Crippen LogP contribution in [0.5, 0.6) is 0 Å². The van der Waals surface area contributed by atoms with E-state index in [4.69, 9.17) is 5.53 Å². The molecule has 9 heavy (non-hydrogen) atoms. The minimum absolute atomic E-state index is 0.0370. The van der Waals surface area contributed by atoms with Crippen molar-refractivity contribution < 1.29 is 4.52 Å². The minimum Gasteiger partial charge on any atom is -0.336 e. The summed E-state index contributed by atoms with van der Waals surface area (Å²) in [5, 5.41) is 5.23. The van der Waals surface area contributed by atoms with Crippen LogP contribution in [0.15, 0.2) is 14.4 Å². The predicted octanol–water partition coefficient (Wildman–Crippen LogP) is 0.939. The van der Waals surface area contributed by atoms with Crippen molar-refractivity contribution in [3.8, 4) is 0 Å². The molecule has 0 aromatic carbocycles. The van der Waals surface area contributed by atoms with Crippen LogP contribution in [0.1, 0.15) is 5.69 Å². The van der Waals surface area contributed by atoms with Gasteiger partial charge in [0.05, 0.1) is 5.69 Å². The summed E-state index contributed by atoms with van der Waals surface area (Å²) in [7, 11) is 0. The average Bonchev–Trinajstić information content (AvgIpc) is 2.12. The molecule has 0 aliphatic rings. The van der Waals surface area contributed by atoms with E-state index < -0.39 is 5.63 Å². The smallest absolute Gasteiger partial charge is 0.336 e. The number of aromatic amines is 1. The largest absolute Gasteiger partial charge is 0.384 e. The molecule has 48 valence electrons. The van der Waals surface area contributed by atoms with Gasteiger partial charge >= 0.3 is 5.63 Å². The molecule has 1 aromatic rings. The number of hydrogen-bond donors (Lipinski definition) is 2. The summed E-state index contributed by atoms with van der Waals surface area (Å²) in [4.78, 5) is 10.5. The minimum atomic E-state index is -0.595. The van der Waals surface area contributed by atoms with E-state index in [1.807, 2.05) is 0 Å². The summed E-state index contributed by atoms with van der Waals surface area (Å²) in [6.07, 6.45) is 0. The van der Waals surface area contributed by atoms with Gasteiger partial charge in [-0.25, -0.2) is 15.5 Å². The first kappa shape index (κ1) is 5.74.